The topological polar surface area (TPSA) is 0 Å². The van der Waals surface area contributed by atoms with E-state index in [-0.39, 0.29) is 4.50 Å². The van der Waals surface area contributed by atoms with E-state index in [1.807, 2.05) is 18.2 Å². The number of hydrogen-bond acceptors (Lipinski definition) is 0. The molecule has 1 aromatic carbocycles. The normalized spacial score (nSPS) is 16.4. The first-order valence-electron chi connectivity index (χ1n) is 4.85. The number of hydrogen-bond donors (Lipinski definition) is 0. The SMILES string of the molecule is CCC(Cl)(c1ccccc1)[Si](C)(C)Cl. The Morgan fingerprint density at radius 3 is 2.07 bits per heavy atom. The molecule has 0 bridgehead atoms. The highest BCUT2D eigenvalue weighted by atomic mass is 35.6. The van der Waals surface area contributed by atoms with E-state index < -0.39 is 7.38 Å². The van der Waals surface area contributed by atoms with Crippen LogP contribution in [0.1, 0.15) is 18.9 Å². The fourth-order valence-electron chi connectivity index (χ4n) is 1.67. The monoisotopic (exact) mass is 246 g/mol. The van der Waals surface area contributed by atoms with Gasteiger partial charge in [-0.1, -0.05) is 50.3 Å². The van der Waals surface area contributed by atoms with Crippen molar-refractivity contribution >= 4 is 30.1 Å². The highest BCUT2D eigenvalue weighted by Crippen LogP contribution is 2.43. The molecule has 1 atom stereocenters. The van der Waals surface area contributed by atoms with Crippen molar-refractivity contribution in [2.45, 2.75) is 30.9 Å². The summed E-state index contributed by atoms with van der Waals surface area (Å²) in [7, 11) is -1.91. The van der Waals surface area contributed by atoms with Crippen LogP contribution in [-0.2, 0) is 4.50 Å². The predicted molar refractivity (Wildman–Crippen MR) is 67.6 cm³/mol. The third kappa shape index (κ3) is 2.15. The molecule has 0 radical (unpaired) electrons. The lowest BCUT2D eigenvalue weighted by Gasteiger charge is -2.35. The van der Waals surface area contributed by atoms with E-state index in [0.717, 1.165) is 12.0 Å². The molecular formula is C11H16Cl2Si. The smallest absolute Gasteiger partial charge is 0.165 e. The summed E-state index contributed by atoms with van der Waals surface area (Å²) < 4.78 is -0.351. The zero-order valence-corrected chi connectivity index (χ0v) is 11.4. The molecule has 0 nitrogen and oxygen atoms in total. The van der Waals surface area contributed by atoms with E-state index >= 15 is 0 Å². The van der Waals surface area contributed by atoms with E-state index in [4.69, 9.17) is 22.7 Å². The maximum absolute atomic E-state index is 6.65. The van der Waals surface area contributed by atoms with E-state index in [1.165, 1.54) is 0 Å². The fourth-order valence-corrected chi connectivity index (χ4v) is 4.22. The third-order valence-electron chi connectivity index (χ3n) is 2.66. The van der Waals surface area contributed by atoms with Gasteiger partial charge in [0, 0.05) is 0 Å². The summed E-state index contributed by atoms with van der Waals surface area (Å²) in [6, 6.07) is 10.2. The second-order valence-electron chi connectivity index (χ2n) is 3.99. The minimum absolute atomic E-state index is 0.351. The standard InChI is InChI=1S/C11H16Cl2Si/c1-4-11(12,14(2,3)13)10-8-6-5-7-9-10/h5-9H,4H2,1-3H3. The summed E-state index contributed by atoms with van der Waals surface area (Å²) in [5.74, 6) is 0. The molecule has 3 heteroatoms. The molecule has 78 valence electrons. The van der Waals surface area contributed by atoms with Gasteiger partial charge in [-0.2, -0.15) is 11.1 Å². The summed E-state index contributed by atoms with van der Waals surface area (Å²) >= 11 is 13.1. The number of alkyl halides is 1. The quantitative estimate of drug-likeness (QED) is 0.418. The van der Waals surface area contributed by atoms with Crippen LogP contribution in [0.15, 0.2) is 30.3 Å². The average Bonchev–Trinajstić information content (AvgIpc) is 2.16. The molecule has 0 saturated carbocycles. The van der Waals surface area contributed by atoms with Crippen LogP contribution in [0.25, 0.3) is 0 Å². The maximum Gasteiger partial charge on any atom is 0.176 e. The van der Waals surface area contributed by atoms with Crippen LogP contribution < -0.4 is 0 Å². The van der Waals surface area contributed by atoms with Crippen LogP contribution in [0.5, 0.6) is 0 Å². The molecule has 14 heavy (non-hydrogen) atoms. The lowest BCUT2D eigenvalue weighted by Crippen LogP contribution is -2.42. The van der Waals surface area contributed by atoms with Gasteiger partial charge in [0.15, 0.2) is 7.38 Å². The van der Waals surface area contributed by atoms with Gasteiger partial charge in [0.1, 0.15) is 0 Å². The molecule has 0 aromatic heterocycles. The van der Waals surface area contributed by atoms with Gasteiger partial charge in [-0.05, 0) is 12.0 Å². The van der Waals surface area contributed by atoms with Crippen LogP contribution in [0.2, 0.25) is 13.1 Å². The Kier molecular flexibility index (Phi) is 3.67. The molecule has 0 saturated heterocycles. The zero-order chi connectivity index (χ0) is 10.8. The molecule has 0 heterocycles. The Morgan fingerprint density at radius 1 is 1.21 bits per heavy atom. The third-order valence-corrected chi connectivity index (χ3v) is 8.35. The molecular weight excluding hydrogens is 231 g/mol. The Hall–Kier alpha value is 0.0169. The number of benzene rings is 1. The van der Waals surface area contributed by atoms with Gasteiger partial charge in [0.05, 0.1) is 4.50 Å². The fraction of sp³-hybridized carbons (Fsp3) is 0.455. The van der Waals surface area contributed by atoms with Crippen LogP contribution in [0.3, 0.4) is 0 Å². The molecule has 1 unspecified atom stereocenters. The molecule has 0 aliphatic rings. The van der Waals surface area contributed by atoms with E-state index in [1.54, 1.807) is 0 Å². The van der Waals surface area contributed by atoms with Gasteiger partial charge in [-0.25, -0.2) is 0 Å². The van der Waals surface area contributed by atoms with Crippen molar-refractivity contribution in [3.05, 3.63) is 35.9 Å². The summed E-state index contributed by atoms with van der Waals surface area (Å²) in [6.45, 7) is 6.28. The predicted octanol–water partition coefficient (Wildman–Crippen LogP) is 4.51. The van der Waals surface area contributed by atoms with Gasteiger partial charge >= 0.3 is 0 Å². The van der Waals surface area contributed by atoms with Crippen LogP contribution in [0, 0.1) is 0 Å². The molecule has 0 spiro atoms. The Bertz CT molecular complexity index is 292. The second-order valence-corrected chi connectivity index (χ2v) is 11.6. The van der Waals surface area contributed by atoms with Crippen LogP contribution >= 0.6 is 22.7 Å². The van der Waals surface area contributed by atoms with Gasteiger partial charge in [-0.15, -0.1) is 11.6 Å². The molecule has 1 rings (SSSR count). The van der Waals surface area contributed by atoms with Crippen LogP contribution in [-0.4, -0.2) is 7.38 Å². The van der Waals surface area contributed by atoms with E-state index in [2.05, 4.69) is 32.2 Å². The highest BCUT2D eigenvalue weighted by Gasteiger charge is 2.44. The first kappa shape index (κ1) is 12.1. The van der Waals surface area contributed by atoms with Crippen molar-refractivity contribution in [1.29, 1.82) is 0 Å². The van der Waals surface area contributed by atoms with Crippen molar-refractivity contribution in [3.8, 4) is 0 Å². The number of halogens is 2. The summed E-state index contributed by atoms with van der Waals surface area (Å²) in [5.41, 5.74) is 1.15. The van der Waals surface area contributed by atoms with E-state index in [0.29, 0.717) is 0 Å². The summed E-state index contributed by atoms with van der Waals surface area (Å²) in [6.07, 6.45) is 0.876. The first-order valence-corrected chi connectivity index (χ1v) is 9.24. The number of rotatable bonds is 3. The molecule has 0 fully saturated rings. The summed E-state index contributed by atoms with van der Waals surface area (Å²) in [4.78, 5) is 0. The lowest BCUT2D eigenvalue weighted by molar-refractivity contribution is 0.776. The largest absolute Gasteiger partial charge is 0.176 e. The van der Waals surface area contributed by atoms with Crippen molar-refractivity contribution in [1.82, 2.24) is 0 Å². The maximum atomic E-state index is 6.65. The summed E-state index contributed by atoms with van der Waals surface area (Å²) in [5, 5.41) is 0. The van der Waals surface area contributed by atoms with Gasteiger partial charge < -0.3 is 0 Å². The molecule has 1 aromatic rings. The van der Waals surface area contributed by atoms with Crippen molar-refractivity contribution in [3.63, 3.8) is 0 Å². The van der Waals surface area contributed by atoms with Crippen molar-refractivity contribution in [2.24, 2.45) is 0 Å². The van der Waals surface area contributed by atoms with E-state index in [9.17, 15) is 0 Å². The highest BCUT2D eigenvalue weighted by molar-refractivity contribution is 7.22. The lowest BCUT2D eigenvalue weighted by atomic mass is 10.1. The first-order chi connectivity index (χ1) is 6.42. The molecule has 0 N–H and O–H groups in total. The van der Waals surface area contributed by atoms with Gasteiger partial charge in [0.25, 0.3) is 0 Å². The molecule has 0 aliphatic carbocycles. The zero-order valence-electron chi connectivity index (χ0n) is 8.85. The molecule has 0 amide bonds. The second kappa shape index (κ2) is 4.26. The van der Waals surface area contributed by atoms with Crippen LogP contribution in [0.4, 0.5) is 0 Å². The van der Waals surface area contributed by atoms with Gasteiger partial charge in [-0.3, -0.25) is 0 Å². The average molecular weight is 247 g/mol. The Morgan fingerprint density at radius 2 is 1.71 bits per heavy atom. The van der Waals surface area contributed by atoms with Crippen molar-refractivity contribution in [2.75, 3.05) is 0 Å². The van der Waals surface area contributed by atoms with Gasteiger partial charge in [0.2, 0.25) is 0 Å². The Balaban J connectivity index is 3.15. The Labute approximate surface area is 96.9 Å². The minimum Gasteiger partial charge on any atom is -0.165 e. The van der Waals surface area contributed by atoms with Crippen molar-refractivity contribution < 1.29 is 0 Å². The molecule has 0 aliphatic heterocycles. The minimum atomic E-state index is -1.91.